The van der Waals surface area contributed by atoms with Crippen molar-refractivity contribution in [3.05, 3.63) is 65.7 Å². The maximum atomic E-state index is 10.3. The van der Waals surface area contributed by atoms with Crippen molar-refractivity contribution in [2.75, 3.05) is 6.54 Å². The molecule has 0 unspecified atom stereocenters. The molecule has 130 valence electrons. The molecule has 25 heavy (non-hydrogen) atoms. The van der Waals surface area contributed by atoms with Crippen molar-refractivity contribution in [3.63, 3.8) is 0 Å². The lowest BCUT2D eigenvalue weighted by atomic mass is 9.98. The molecule has 3 rings (SSSR count). The van der Waals surface area contributed by atoms with Crippen LogP contribution in [0.4, 0.5) is 0 Å². The second-order valence-corrected chi connectivity index (χ2v) is 6.15. The van der Waals surface area contributed by atoms with E-state index in [0.717, 1.165) is 16.3 Å². The van der Waals surface area contributed by atoms with Crippen LogP contribution < -0.4 is 5.32 Å². The highest BCUT2D eigenvalue weighted by molar-refractivity contribution is 5.91. The van der Waals surface area contributed by atoms with Gasteiger partial charge in [-0.2, -0.15) is 0 Å². The Kier molecular flexibility index (Phi) is 4.79. The van der Waals surface area contributed by atoms with Gasteiger partial charge in [-0.3, -0.25) is 0 Å². The molecular weight excluding hydrogens is 318 g/mol. The predicted octanol–water partition coefficient (Wildman–Crippen LogP) is 3.34. The fourth-order valence-electron chi connectivity index (χ4n) is 3.01. The van der Waals surface area contributed by atoms with Crippen LogP contribution >= 0.6 is 0 Å². The normalized spacial score (nSPS) is 13.7. The van der Waals surface area contributed by atoms with Crippen LogP contribution in [0.1, 0.15) is 30.2 Å². The average Bonchev–Trinajstić information content (AvgIpc) is 2.59. The number of aliphatic hydroxyl groups excluding tert-OH is 1. The van der Waals surface area contributed by atoms with Crippen molar-refractivity contribution in [3.8, 4) is 17.2 Å². The molecule has 5 nitrogen and oxygen atoms in total. The molecule has 0 fully saturated rings. The Hall–Kier alpha value is -2.76. The molecule has 0 saturated carbocycles. The van der Waals surface area contributed by atoms with Gasteiger partial charge in [0.05, 0.1) is 6.10 Å². The Bertz CT molecular complexity index is 874. The number of hydrogen-bond acceptors (Lipinski definition) is 5. The number of benzene rings is 3. The third kappa shape index (κ3) is 3.68. The number of nitrogens with one attached hydrogen (secondary N) is 1. The smallest absolute Gasteiger partial charge is 0.123 e. The summed E-state index contributed by atoms with van der Waals surface area (Å²) in [5, 5.41) is 44.3. The lowest BCUT2D eigenvalue weighted by Crippen LogP contribution is -2.24. The number of phenolic OH excluding ortho intramolecular Hbond substituents is 3. The minimum atomic E-state index is -0.871. The molecule has 0 spiro atoms. The van der Waals surface area contributed by atoms with Crippen molar-refractivity contribution in [1.29, 1.82) is 0 Å². The van der Waals surface area contributed by atoms with E-state index in [1.165, 1.54) is 18.2 Å². The van der Waals surface area contributed by atoms with Crippen LogP contribution in [0.15, 0.2) is 54.6 Å². The highest BCUT2D eigenvalue weighted by Crippen LogP contribution is 2.31. The average molecular weight is 339 g/mol. The molecule has 0 aliphatic rings. The zero-order valence-electron chi connectivity index (χ0n) is 13.8. The standard InChI is InChI=1S/C20H21NO4/c1-12(16-6-7-19(24)18-5-3-2-4-17(16)18)21-11-20(25)13-8-14(22)10-15(23)9-13/h2-10,12,20-25H,11H2,1H3/t12-,20+/m1/s1. The Morgan fingerprint density at radius 1 is 0.880 bits per heavy atom. The number of aromatic hydroxyl groups is 3. The van der Waals surface area contributed by atoms with Gasteiger partial charge in [-0.1, -0.05) is 30.3 Å². The van der Waals surface area contributed by atoms with E-state index in [4.69, 9.17) is 0 Å². The summed E-state index contributed by atoms with van der Waals surface area (Å²) < 4.78 is 0. The maximum Gasteiger partial charge on any atom is 0.123 e. The molecule has 0 aliphatic heterocycles. The van der Waals surface area contributed by atoms with Gasteiger partial charge >= 0.3 is 0 Å². The Morgan fingerprint density at radius 2 is 1.52 bits per heavy atom. The molecule has 5 heteroatoms. The van der Waals surface area contributed by atoms with Crippen molar-refractivity contribution >= 4 is 10.8 Å². The first-order valence-corrected chi connectivity index (χ1v) is 8.10. The van der Waals surface area contributed by atoms with E-state index >= 15 is 0 Å². The summed E-state index contributed by atoms with van der Waals surface area (Å²) in [6.45, 7) is 2.23. The molecule has 0 bridgehead atoms. The lowest BCUT2D eigenvalue weighted by Gasteiger charge is -2.20. The van der Waals surface area contributed by atoms with Crippen LogP contribution in [0.5, 0.6) is 17.2 Å². The molecule has 0 saturated heterocycles. The first kappa shape index (κ1) is 17.1. The van der Waals surface area contributed by atoms with Crippen LogP contribution in [-0.4, -0.2) is 27.0 Å². The monoisotopic (exact) mass is 339 g/mol. The van der Waals surface area contributed by atoms with E-state index in [9.17, 15) is 20.4 Å². The zero-order valence-corrected chi connectivity index (χ0v) is 13.8. The summed E-state index contributed by atoms with van der Waals surface area (Å²) in [5.41, 5.74) is 1.45. The van der Waals surface area contributed by atoms with E-state index in [1.807, 2.05) is 37.3 Å². The van der Waals surface area contributed by atoms with Crippen LogP contribution in [0.2, 0.25) is 0 Å². The predicted molar refractivity (Wildman–Crippen MR) is 96.8 cm³/mol. The summed E-state index contributed by atoms with van der Waals surface area (Å²) in [5.74, 6) is 0.0556. The molecule has 3 aromatic carbocycles. The molecule has 0 heterocycles. The van der Waals surface area contributed by atoms with Gasteiger partial charge in [0, 0.05) is 24.0 Å². The summed E-state index contributed by atoms with van der Waals surface area (Å²) in [4.78, 5) is 0. The molecule has 0 radical (unpaired) electrons. The van der Waals surface area contributed by atoms with E-state index in [0.29, 0.717) is 5.56 Å². The molecule has 2 atom stereocenters. The highest BCUT2D eigenvalue weighted by Gasteiger charge is 2.15. The minimum absolute atomic E-state index is 0.0638. The molecule has 0 aliphatic carbocycles. The Morgan fingerprint density at radius 3 is 2.20 bits per heavy atom. The van der Waals surface area contributed by atoms with Gasteiger partial charge in [-0.05, 0) is 41.6 Å². The summed E-state index contributed by atoms with van der Waals surface area (Å²) >= 11 is 0. The van der Waals surface area contributed by atoms with Gasteiger partial charge in [0.15, 0.2) is 0 Å². The Balaban J connectivity index is 1.77. The summed E-state index contributed by atoms with van der Waals surface area (Å²) in [6.07, 6.45) is -0.871. The van der Waals surface area contributed by atoms with Gasteiger partial charge < -0.3 is 25.7 Å². The number of phenols is 3. The quantitative estimate of drug-likeness (QED) is 0.492. The number of aliphatic hydroxyl groups is 1. The first-order valence-electron chi connectivity index (χ1n) is 8.10. The molecular formula is C20H21NO4. The van der Waals surface area contributed by atoms with Crippen LogP contribution in [-0.2, 0) is 0 Å². The third-order valence-electron chi connectivity index (χ3n) is 4.33. The number of fused-ring (bicyclic) bond motifs is 1. The molecule has 0 amide bonds. The van der Waals surface area contributed by atoms with Crippen LogP contribution in [0, 0.1) is 0 Å². The van der Waals surface area contributed by atoms with E-state index < -0.39 is 6.10 Å². The number of hydrogen-bond donors (Lipinski definition) is 5. The first-order chi connectivity index (χ1) is 12.0. The Labute approximate surface area is 145 Å². The second-order valence-electron chi connectivity index (χ2n) is 6.15. The maximum absolute atomic E-state index is 10.3. The fourth-order valence-corrected chi connectivity index (χ4v) is 3.01. The van der Waals surface area contributed by atoms with Crippen LogP contribution in [0.3, 0.4) is 0 Å². The topological polar surface area (TPSA) is 93.0 Å². The van der Waals surface area contributed by atoms with Gasteiger partial charge in [0.25, 0.3) is 0 Å². The van der Waals surface area contributed by atoms with Crippen molar-refractivity contribution < 1.29 is 20.4 Å². The van der Waals surface area contributed by atoms with Gasteiger partial charge in [0.2, 0.25) is 0 Å². The molecule has 0 aromatic heterocycles. The van der Waals surface area contributed by atoms with E-state index in [-0.39, 0.29) is 29.8 Å². The van der Waals surface area contributed by atoms with Gasteiger partial charge in [0.1, 0.15) is 17.2 Å². The largest absolute Gasteiger partial charge is 0.508 e. The SMILES string of the molecule is C[C@@H](NC[C@H](O)c1cc(O)cc(O)c1)c1ccc(O)c2ccccc12. The van der Waals surface area contributed by atoms with Crippen molar-refractivity contribution in [2.45, 2.75) is 19.1 Å². The molecule has 3 aromatic rings. The van der Waals surface area contributed by atoms with Gasteiger partial charge in [-0.15, -0.1) is 0 Å². The van der Waals surface area contributed by atoms with Crippen LogP contribution in [0.25, 0.3) is 10.8 Å². The van der Waals surface area contributed by atoms with Crippen molar-refractivity contribution in [1.82, 2.24) is 5.32 Å². The minimum Gasteiger partial charge on any atom is -0.508 e. The second kappa shape index (κ2) is 7.01. The summed E-state index contributed by atoms with van der Waals surface area (Å²) in [6, 6.07) is 15.1. The molecule has 5 N–H and O–H groups in total. The van der Waals surface area contributed by atoms with Crippen molar-refractivity contribution in [2.24, 2.45) is 0 Å². The highest BCUT2D eigenvalue weighted by atomic mass is 16.3. The van der Waals surface area contributed by atoms with E-state index in [1.54, 1.807) is 6.07 Å². The lowest BCUT2D eigenvalue weighted by molar-refractivity contribution is 0.170. The summed E-state index contributed by atoms with van der Waals surface area (Å²) in [7, 11) is 0. The van der Waals surface area contributed by atoms with E-state index in [2.05, 4.69) is 5.32 Å². The zero-order chi connectivity index (χ0) is 18.0. The fraction of sp³-hybridized carbons (Fsp3) is 0.200. The third-order valence-corrected chi connectivity index (χ3v) is 4.33. The van der Waals surface area contributed by atoms with Gasteiger partial charge in [-0.25, -0.2) is 0 Å². The number of rotatable bonds is 5.